The number of hydrogen-bond acceptors (Lipinski definition) is 4. The van der Waals surface area contributed by atoms with Crippen LogP contribution in [0.4, 0.5) is 14.5 Å². The number of aryl methyl sites for hydroxylation is 1. The van der Waals surface area contributed by atoms with E-state index in [0.717, 1.165) is 0 Å². The van der Waals surface area contributed by atoms with Crippen molar-refractivity contribution >= 4 is 17.5 Å². The monoisotopic (exact) mass is 380 g/mol. The van der Waals surface area contributed by atoms with Crippen molar-refractivity contribution < 1.29 is 23.1 Å². The molecule has 0 aliphatic heterocycles. The zero-order chi connectivity index (χ0) is 20.0. The van der Waals surface area contributed by atoms with E-state index in [1.54, 1.807) is 0 Å². The Morgan fingerprint density at radius 2 is 1.93 bits per heavy atom. The molecule has 1 aromatic carbocycles. The molecule has 0 aliphatic rings. The van der Waals surface area contributed by atoms with E-state index in [0.29, 0.717) is 13.1 Å². The van der Waals surface area contributed by atoms with E-state index >= 15 is 0 Å². The lowest BCUT2D eigenvalue weighted by molar-refractivity contribution is -0.0501. The summed E-state index contributed by atoms with van der Waals surface area (Å²) >= 11 is 0. The molecule has 0 saturated heterocycles. The minimum atomic E-state index is -3.06. The Hall–Kier alpha value is -2.97. The Bertz CT molecular complexity index is 806. The van der Waals surface area contributed by atoms with E-state index in [4.69, 9.17) is 0 Å². The summed E-state index contributed by atoms with van der Waals surface area (Å²) in [6.45, 7) is 3.63. The van der Waals surface area contributed by atoms with Gasteiger partial charge in [-0.05, 0) is 25.0 Å². The number of hydrogen-bond donors (Lipinski definition) is 2. The Labute approximate surface area is 155 Å². The highest BCUT2D eigenvalue weighted by Gasteiger charge is 2.21. The zero-order valence-electron chi connectivity index (χ0n) is 15.3. The van der Waals surface area contributed by atoms with Crippen LogP contribution in [-0.4, -0.2) is 34.8 Å². The van der Waals surface area contributed by atoms with E-state index < -0.39 is 18.4 Å². The number of rotatable bonds is 8. The molecule has 2 rings (SSSR count). The summed E-state index contributed by atoms with van der Waals surface area (Å²) in [4.78, 5) is 24.9. The molecule has 2 aromatic rings. The molecule has 2 N–H and O–H groups in total. The minimum Gasteiger partial charge on any atom is -0.434 e. The molecule has 1 aromatic heterocycles. The molecule has 0 atom stereocenters. The summed E-state index contributed by atoms with van der Waals surface area (Å²) in [6, 6.07) is 5.63. The number of nitrogens with one attached hydrogen (secondary N) is 2. The number of para-hydroxylation sites is 1. The Morgan fingerprint density at radius 3 is 2.56 bits per heavy atom. The molecule has 0 aliphatic carbocycles. The highest BCUT2D eigenvalue weighted by atomic mass is 19.3. The number of nitrogens with zero attached hydrogens (tertiary/aromatic N) is 2. The lowest BCUT2D eigenvalue weighted by Crippen LogP contribution is -2.29. The van der Waals surface area contributed by atoms with Crippen LogP contribution in [0.5, 0.6) is 5.75 Å². The molecule has 146 valence electrons. The number of aromatic nitrogens is 2. The van der Waals surface area contributed by atoms with Crippen LogP contribution in [-0.2, 0) is 6.54 Å². The van der Waals surface area contributed by atoms with Crippen LogP contribution in [0, 0.1) is 5.92 Å². The number of halogens is 2. The second-order valence-electron chi connectivity index (χ2n) is 6.18. The van der Waals surface area contributed by atoms with Crippen LogP contribution in [0.2, 0.25) is 0 Å². The normalized spacial score (nSPS) is 10.9. The minimum absolute atomic E-state index is 0.0538. The van der Waals surface area contributed by atoms with E-state index in [1.807, 2.05) is 20.8 Å². The van der Waals surface area contributed by atoms with Crippen molar-refractivity contribution in [3.8, 4) is 5.75 Å². The molecule has 0 radical (unpaired) electrons. The number of carbonyl (C=O) groups excluding carboxylic acids is 2. The topological polar surface area (TPSA) is 85.2 Å². The van der Waals surface area contributed by atoms with Gasteiger partial charge in [-0.25, -0.2) is 0 Å². The number of ether oxygens (including phenoxy) is 1. The van der Waals surface area contributed by atoms with Gasteiger partial charge in [0.05, 0.1) is 11.3 Å². The van der Waals surface area contributed by atoms with Gasteiger partial charge in [0.15, 0.2) is 5.69 Å². The molecule has 27 heavy (non-hydrogen) atoms. The maximum absolute atomic E-state index is 12.6. The van der Waals surface area contributed by atoms with E-state index in [1.165, 1.54) is 35.1 Å². The molecular formula is C18H22F2N4O3. The highest BCUT2D eigenvalue weighted by Crippen LogP contribution is 2.23. The summed E-state index contributed by atoms with van der Waals surface area (Å²) in [6.07, 6.45) is 1.51. The quantitative estimate of drug-likeness (QED) is 0.737. The SMILES string of the molecule is CCn1cc(NC(=O)c2ccccc2OC(F)F)c(C(=O)NCC(C)C)n1. The number of amides is 2. The van der Waals surface area contributed by atoms with Crippen molar-refractivity contribution in [1.29, 1.82) is 0 Å². The lowest BCUT2D eigenvalue weighted by atomic mass is 10.2. The Morgan fingerprint density at radius 1 is 1.22 bits per heavy atom. The summed E-state index contributed by atoms with van der Waals surface area (Å²) in [5, 5.41) is 9.46. The average Bonchev–Trinajstić information content (AvgIpc) is 3.02. The smallest absolute Gasteiger partial charge is 0.387 e. The largest absolute Gasteiger partial charge is 0.434 e. The summed E-state index contributed by atoms with van der Waals surface area (Å²) < 4.78 is 31.0. The second-order valence-corrected chi connectivity index (χ2v) is 6.18. The molecule has 2 amide bonds. The molecular weight excluding hydrogens is 358 g/mol. The molecule has 0 spiro atoms. The van der Waals surface area contributed by atoms with Gasteiger partial charge in [0.25, 0.3) is 11.8 Å². The second kappa shape index (κ2) is 9.11. The van der Waals surface area contributed by atoms with Crippen LogP contribution in [0.25, 0.3) is 0 Å². The zero-order valence-corrected chi connectivity index (χ0v) is 15.3. The van der Waals surface area contributed by atoms with Gasteiger partial charge in [-0.3, -0.25) is 14.3 Å². The van der Waals surface area contributed by atoms with E-state index in [-0.39, 0.29) is 28.6 Å². The molecule has 0 unspecified atom stereocenters. The Kier molecular flexibility index (Phi) is 6.86. The standard InChI is InChI=1S/C18H22F2N4O3/c1-4-24-10-13(15(23-24)17(26)21-9-11(2)3)22-16(25)12-7-5-6-8-14(12)27-18(19)20/h5-8,10-11,18H,4,9H2,1-3H3,(H,21,26)(H,22,25). The van der Waals surface area contributed by atoms with Crippen LogP contribution < -0.4 is 15.4 Å². The predicted molar refractivity (Wildman–Crippen MR) is 96.1 cm³/mol. The van der Waals surface area contributed by atoms with Gasteiger partial charge >= 0.3 is 6.61 Å². The van der Waals surface area contributed by atoms with Gasteiger partial charge in [-0.1, -0.05) is 26.0 Å². The van der Waals surface area contributed by atoms with Crippen molar-refractivity contribution in [3.63, 3.8) is 0 Å². The first-order valence-corrected chi connectivity index (χ1v) is 8.52. The van der Waals surface area contributed by atoms with Crippen LogP contribution in [0.3, 0.4) is 0 Å². The van der Waals surface area contributed by atoms with Crippen molar-refractivity contribution in [2.24, 2.45) is 5.92 Å². The predicted octanol–water partition coefficient (Wildman–Crippen LogP) is 3.14. The Balaban J connectivity index is 2.25. The lowest BCUT2D eigenvalue weighted by Gasteiger charge is -2.11. The fraction of sp³-hybridized carbons (Fsp3) is 0.389. The maximum Gasteiger partial charge on any atom is 0.387 e. The van der Waals surface area contributed by atoms with Gasteiger partial charge in [-0.2, -0.15) is 13.9 Å². The highest BCUT2D eigenvalue weighted by molar-refractivity contribution is 6.09. The first-order valence-electron chi connectivity index (χ1n) is 8.52. The van der Waals surface area contributed by atoms with Crippen molar-refractivity contribution in [2.75, 3.05) is 11.9 Å². The molecule has 7 nitrogen and oxygen atoms in total. The number of benzene rings is 1. The van der Waals surface area contributed by atoms with Gasteiger partial charge in [0, 0.05) is 19.3 Å². The van der Waals surface area contributed by atoms with Gasteiger partial charge < -0.3 is 15.4 Å². The number of alkyl halides is 2. The number of carbonyl (C=O) groups is 2. The molecule has 9 heteroatoms. The first-order chi connectivity index (χ1) is 12.8. The third kappa shape index (κ3) is 5.50. The summed E-state index contributed by atoms with van der Waals surface area (Å²) in [5.74, 6) is -1.11. The molecule has 1 heterocycles. The van der Waals surface area contributed by atoms with Crippen molar-refractivity contribution in [1.82, 2.24) is 15.1 Å². The molecule has 0 bridgehead atoms. The number of anilines is 1. The fourth-order valence-electron chi connectivity index (χ4n) is 2.27. The van der Waals surface area contributed by atoms with E-state index in [2.05, 4.69) is 20.5 Å². The third-order valence-electron chi connectivity index (χ3n) is 3.57. The van der Waals surface area contributed by atoms with Gasteiger partial charge in [0.2, 0.25) is 0 Å². The van der Waals surface area contributed by atoms with Crippen LogP contribution >= 0.6 is 0 Å². The van der Waals surface area contributed by atoms with Crippen LogP contribution in [0.15, 0.2) is 30.5 Å². The van der Waals surface area contributed by atoms with Gasteiger partial charge in [0.1, 0.15) is 5.75 Å². The maximum atomic E-state index is 12.6. The molecule has 0 fully saturated rings. The van der Waals surface area contributed by atoms with E-state index in [9.17, 15) is 18.4 Å². The summed E-state index contributed by atoms with van der Waals surface area (Å²) in [5.41, 5.74) is 0.170. The fourth-order valence-corrected chi connectivity index (χ4v) is 2.27. The first kappa shape index (κ1) is 20.3. The summed E-state index contributed by atoms with van der Waals surface area (Å²) in [7, 11) is 0. The van der Waals surface area contributed by atoms with Crippen LogP contribution in [0.1, 0.15) is 41.6 Å². The van der Waals surface area contributed by atoms with Crippen molar-refractivity contribution in [2.45, 2.75) is 33.9 Å². The van der Waals surface area contributed by atoms with Crippen molar-refractivity contribution in [3.05, 3.63) is 41.7 Å². The molecule has 0 saturated carbocycles. The average molecular weight is 380 g/mol. The van der Waals surface area contributed by atoms with Gasteiger partial charge in [-0.15, -0.1) is 0 Å². The third-order valence-corrected chi connectivity index (χ3v) is 3.57.